The largest absolute Gasteiger partial charge is 0.495 e. The number of benzene rings is 1. The Morgan fingerprint density at radius 2 is 2.12 bits per heavy atom. The van der Waals surface area contributed by atoms with Crippen LogP contribution in [-0.4, -0.2) is 19.7 Å². The van der Waals surface area contributed by atoms with Crippen molar-refractivity contribution in [2.75, 3.05) is 13.7 Å². The van der Waals surface area contributed by atoms with Crippen LogP contribution in [0.15, 0.2) is 36.6 Å². The van der Waals surface area contributed by atoms with Crippen LogP contribution in [0.25, 0.3) is 17.9 Å². The average Bonchev–Trinajstić information content (AvgIpc) is 2.91. The molecule has 1 aliphatic carbocycles. The molecule has 0 amide bonds. The first-order valence-electron chi connectivity index (χ1n) is 7.97. The number of hydrogen-bond acceptors (Lipinski definition) is 5. The van der Waals surface area contributed by atoms with Crippen molar-refractivity contribution < 1.29 is 19.0 Å². The molecule has 5 heteroatoms. The third kappa shape index (κ3) is 2.57. The van der Waals surface area contributed by atoms with Crippen molar-refractivity contribution in [2.24, 2.45) is 0 Å². The molecule has 0 unspecified atom stereocenters. The van der Waals surface area contributed by atoms with Gasteiger partial charge in [-0.25, -0.2) is 4.79 Å². The second-order valence-electron chi connectivity index (χ2n) is 5.54. The molecule has 2 aliphatic rings. The highest BCUT2D eigenvalue weighted by Crippen LogP contribution is 2.27. The standard InChI is InChI=1S/C20H16O4S/c1-3-23-20(21)13-8-7-12-5-4-6-14-17-19(16(22-2)9-10-24-17)25-18(14)15(12)11-13/h4-11H,3H2,1-2H3. The van der Waals surface area contributed by atoms with Crippen LogP contribution >= 0.6 is 11.3 Å². The number of allylic oxidation sites excluding steroid dienone is 1. The molecule has 0 atom stereocenters. The number of carbonyl (C=O) groups excluding carboxylic acids is 1. The highest BCUT2D eigenvalue weighted by atomic mass is 32.1. The SMILES string of the molecule is CCOC(=O)c1ccc2c(c1)=c1sc3c(c1C=CC=2)OC=CC=3OC. The molecule has 0 fully saturated rings. The van der Waals surface area contributed by atoms with Gasteiger partial charge in [0.1, 0.15) is 10.3 Å². The summed E-state index contributed by atoms with van der Waals surface area (Å²) in [5, 5.41) is 2.04. The van der Waals surface area contributed by atoms with Gasteiger partial charge in [-0.2, -0.15) is 0 Å². The second kappa shape index (κ2) is 6.26. The van der Waals surface area contributed by atoms with Crippen LogP contribution in [0.5, 0.6) is 5.75 Å². The van der Waals surface area contributed by atoms with E-state index in [1.54, 1.807) is 37.7 Å². The molecule has 1 aromatic carbocycles. The van der Waals surface area contributed by atoms with Crippen molar-refractivity contribution in [2.45, 2.75) is 6.92 Å². The number of carbonyl (C=O) groups is 1. The molecule has 1 aromatic heterocycles. The van der Waals surface area contributed by atoms with E-state index in [9.17, 15) is 4.79 Å². The van der Waals surface area contributed by atoms with Crippen molar-refractivity contribution in [3.63, 3.8) is 0 Å². The Morgan fingerprint density at radius 3 is 2.92 bits per heavy atom. The first kappa shape index (κ1) is 15.7. The van der Waals surface area contributed by atoms with Crippen LogP contribution in [0.1, 0.15) is 22.8 Å². The van der Waals surface area contributed by atoms with Crippen LogP contribution in [0.2, 0.25) is 0 Å². The summed E-state index contributed by atoms with van der Waals surface area (Å²) in [6, 6.07) is 5.63. The number of ether oxygens (including phenoxy) is 3. The van der Waals surface area contributed by atoms with Crippen molar-refractivity contribution in [3.8, 4) is 5.75 Å². The Kier molecular flexibility index (Phi) is 3.93. The van der Waals surface area contributed by atoms with Crippen LogP contribution < -0.4 is 14.5 Å². The van der Waals surface area contributed by atoms with Crippen LogP contribution in [0.4, 0.5) is 0 Å². The Morgan fingerprint density at radius 1 is 1.24 bits per heavy atom. The topological polar surface area (TPSA) is 44.8 Å². The third-order valence-electron chi connectivity index (χ3n) is 4.10. The zero-order valence-corrected chi connectivity index (χ0v) is 14.7. The van der Waals surface area contributed by atoms with E-state index in [4.69, 9.17) is 14.2 Å². The van der Waals surface area contributed by atoms with Gasteiger partial charge < -0.3 is 14.2 Å². The highest BCUT2D eigenvalue weighted by molar-refractivity contribution is 7.08. The normalized spacial score (nSPS) is 13.8. The summed E-state index contributed by atoms with van der Waals surface area (Å²) in [6.45, 7) is 2.16. The molecular formula is C20H16O4S. The maximum Gasteiger partial charge on any atom is 0.338 e. The molecule has 25 heavy (non-hydrogen) atoms. The van der Waals surface area contributed by atoms with Crippen molar-refractivity contribution in [1.82, 2.24) is 0 Å². The van der Waals surface area contributed by atoms with Crippen molar-refractivity contribution >= 4 is 35.2 Å². The number of methoxy groups -OCH3 is 1. The summed E-state index contributed by atoms with van der Waals surface area (Å²) >= 11 is 1.60. The number of rotatable bonds is 3. The van der Waals surface area contributed by atoms with Crippen molar-refractivity contribution in [3.05, 3.63) is 67.2 Å². The van der Waals surface area contributed by atoms with Crippen LogP contribution in [0.3, 0.4) is 0 Å². The fourth-order valence-corrected chi connectivity index (χ4v) is 4.21. The number of thiophene rings is 1. The Balaban J connectivity index is 2.11. The molecule has 0 saturated carbocycles. The molecule has 1 aliphatic heterocycles. The summed E-state index contributed by atoms with van der Waals surface area (Å²) in [5.74, 6) is 1.26. The van der Waals surface area contributed by atoms with E-state index in [-0.39, 0.29) is 5.97 Å². The summed E-state index contributed by atoms with van der Waals surface area (Å²) in [4.78, 5) is 12.1. The third-order valence-corrected chi connectivity index (χ3v) is 5.33. The molecule has 0 N–H and O–H groups in total. The van der Waals surface area contributed by atoms with Crippen molar-refractivity contribution in [1.29, 1.82) is 0 Å². The minimum absolute atomic E-state index is 0.313. The number of hydrogen-bond donors (Lipinski definition) is 0. The molecule has 0 radical (unpaired) electrons. The molecule has 2 aromatic rings. The van der Waals surface area contributed by atoms with E-state index in [1.807, 2.05) is 36.4 Å². The lowest BCUT2D eigenvalue weighted by molar-refractivity contribution is 0.0526. The Bertz CT molecular complexity index is 1140. The second-order valence-corrected chi connectivity index (χ2v) is 6.56. The molecule has 4 nitrogen and oxygen atoms in total. The summed E-state index contributed by atoms with van der Waals surface area (Å²) in [5.41, 5.74) is 1.54. The molecular weight excluding hydrogens is 336 g/mol. The molecule has 0 saturated heterocycles. The predicted molar refractivity (Wildman–Crippen MR) is 97.3 cm³/mol. The quantitative estimate of drug-likeness (QED) is 0.797. The summed E-state index contributed by atoms with van der Waals surface area (Å²) in [7, 11) is 1.65. The van der Waals surface area contributed by atoms with E-state index in [1.165, 1.54) is 0 Å². The van der Waals surface area contributed by atoms with E-state index < -0.39 is 0 Å². The molecule has 4 rings (SSSR count). The van der Waals surface area contributed by atoms with Gasteiger partial charge in [-0.1, -0.05) is 18.2 Å². The first-order valence-corrected chi connectivity index (χ1v) is 8.79. The smallest absolute Gasteiger partial charge is 0.338 e. The fourth-order valence-electron chi connectivity index (χ4n) is 2.95. The average molecular weight is 352 g/mol. The predicted octanol–water partition coefficient (Wildman–Crippen LogP) is 2.68. The summed E-state index contributed by atoms with van der Waals surface area (Å²) in [6.07, 6.45) is 9.50. The molecule has 0 spiro atoms. The van der Waals surface area contributed by atoms with Crippen LogP contribution in [0, 0.1) is 9.75 Å². The van der Waals surface area contributed by atoms with Gasteiger partial charge in [0.2, 0.25) is 0 Å². The van der Waals surface area contributed by atoms with Gasteiger partial charge in [-0.3, -0.25) is 0 Å². The lowest BCUT2D eigenvalue weighted by Crippen LogP contribution is -2.09. The lowest BCUT2D eigenvalue weighted by atomic mass is 10.1. The zero-order chi connectivity index (χ0) is 17.4. The zero-order valence-electron chi connectivity index (χ0n) is 13.9. The minimum atomic E-state index is -0.313. The van der Waals surface area contributed by atoms with Gasteiger partial charge >= 0.3 is 5.97 Å². The van der Waals surface area contributed by atoms with Gasteiger partial charge in [0.15, 0.2) is 5.75 Å². The van der Waals surface area contributed by atoms with E-state index in [0.717, 1.165) is 36.6 Å². The van der Waals surface area contributed by atoms with Gasteiger partial charge in [-0.15, -0.1) is 11.3 Å². The van der Waals surface area contributed by atoms with E-state index in [0.29, 0.717) is 12.2 Å². The maximum atomic E-state index is 12.1. The minimum Gasteiger partial charge on any atom is -0.495 e. The maximum absolute atomic E-state index is 12.1. The van der Waals surface area contributed by atoms with Gasteiger partial charge in [0, 0.05) is 21.4 Å². The molecule has 0 bridgehead atoms. The number of fused-ring (bicyclic) bond motifs is 4. The fraction of sp³-hybridized carbons (Fsp3) is 0.150. The van der Waals surface area contributed by atoms with E-state index >= 15 is 0 Å². The van der Waals surface area contributed by atoms with Crippen LogP contribution in [-0.2, 0) is 9.47 Å². The monoisotopic (exact) mass is 352 g/mol. The Labute approximate surface area is 148 Å². The highest BCUT2D eigenvalue weighted by Gasteiger charge is 2.17. The van der Waals surface area contributed by atoms with Gasteiger partial charge in [-0.05, 0) is 30.4 Å². The first-order chi connectivity index (χ1) is 12.2. The lowest BCUT2D eigenvalue weighted by Gasteiger charge is -2.07. The summed E-state index contributed by atoms with van der Waals surface area (Å²) < 4.78 is 18.4. The Hall–Kier alpha value is -2.79. The number of esters is 1. The van der Waals surface area contributed by atoms with E-state index in [2.05, 4.69) is 0 Å². The van der Waals surface area contributed by atoms with Gasteiger partial charge in [0.25, 0.3) is 0 Å². The molecule has 126 valence electrons. The van der Waals surface area contributed by atoms with Gasteiger partial charge in [0.05, 0.1) is 25.5 Å². The molecule has 2 heterocycles.